The number of hydrogen-bond donors (Lipinski definition) is 1. The Labute approximate surface area is 200 Å². The van der Waals surface area contributed by atoms with Gasteiger partial charge < -0.3 is 14.6 Å². The van der Waals surface area contributed by atoms with E-state index >= 15 is 0 Å². The number of piperazine rings is 1. The molecule has 8 nitrogen and oxygen atoms in total. The van der Waals surface area contributed by atoms with E-state index in [4.69, 9.17) is 16.3 Å². The van der Waals surface area contributed by atoms with Crippen LogP contribution in [0.5, 0.6) is 0 Å². The molecule has 0 aliphatic carbocycles. The van der Waals surface area contributed by atoms with Crippen LogP contribution in [0.3, 0.4) is 0 Å². The zero-order valence-corrected chi connectivity index (χ0v) is 19.9. The minimum Gasteiger partial charge on any atom is -0.384 e. The van der Waals surface area contributed by atoms with E-state index in [0.717, 1.165) is 0 Å². The molecule has 3 aromatic rings. The predicted molar refractivity (Wildman–Crippen MR) is 126 cm³/mol. The summed E-state index contributed by atoms with van der Waals surface area (Å²) in [6.07, 6.45) is 0.0605. The number of nitrogens with zero attached hydrogens (tertiary/aromatic N) is 3. The van der Waals surface area contributed by atoms with Gasteiger partial charge in [-0.15, -0.1) is 0 Å². The molecule has 1 aromatic carbocycles. The Bertz CT molecular complexity index is 1320. The van der Waals surface area contributed by atoms with E-state index in [9.17, 15) is 22.0 Å². The number of amides is 1. The molecule has 0 atom stereocenters. The maximum atomic E-state index is 13.0. The van der Waals surface area contributed by atoms with E-state index in [1.54, 1.807) is 30.5 Å². The largest absolute Gasteiger partial charge is 0.384 e. The van der Waals surface area contributed by atoms with E-state index in [2.05, 4.69) is 9.97 Å². The van der Waals surface area contributed by atoms with Crippen molar-refractivity contribution in [2.45, 2.75) is 12.8 Å². The highest BCUT2D eigenvalue weighted by Gasteiger charge is 2.32. The molecule has 0 unspecified atom stereocenters. The topological polar surface area (TPSA) is 95.6 Å². The summed E-state index contributed by atoms with van der Waals surface area (Å²) in [6.45, 7) is 0.148. The summed E-state index contributed by atoms with van der Waals surface area (Å²) in [4.78, 5) is 21.5. The molecule has 4 rings (SSSR count). The van der Waals surface area contributed by atoms with Crippen molar-refractivity contribution < 1.29 is 26.7 Å². The molecule has 0 radical (unpaired) electrons. The molecule has 1 aliphatic rings. The number of sulfonamides is 1. The van der Waals surface area contributed by atoms with Crippen molar-refractivity contribution in [2.75, 3.05) is 44.0 Å². The first kappa shape index (κ1) is 24.5. The van der Waals surface area contributed by atoms with Crippen LogP contribution in [0.15, 0.2) is 36.7 Å². The smallest absolute Gasteiger partial charge is 0.242 e. The lowest BCUT2D eigenvalue weighted by Crippen LogP contribution is -2.53. The van der Waals surface area contributed by atoms with Gasteiger partial charge in [-0.25, -0.2) is 22.2 Å². The van der Waals surface area contributed by atoms with Crippen LogP contribution in [-0.2, 0) is 26.0 Å². The Kier molecular flexibility index (Phi) is 7.17. The van der Waals surface area contributed by atoms with Crippen LogP contribution >= 0.6 is 11.6 Å². The van der Waals surface area contributed by atoms with Crippen LogP contribution in [0.4, 0.5) is 14.5 Å². The van der Waals surface area contributed by atoms with Crippen molar-refractivity contribution in [3.63, 3.8) is 0 Å². The predicted octanol–water partition coefficient (Wildman–Crippen LogP) is 3.32. The second-order valence-corrected chi connectivity index (χ2v) is 10.3. The third-order valence-corrected chi connectivity index (χ3v) is 7.86. The second-order valence-electron chi connectivity index (χ2n) is 7.86. The number of benzene rings is 1. The molecule has 1 saturated heterocycles. The average Bonchev–Trinajstić information content (AvgIpc) is 3.21. The van der Waals surface area contributed by atoms with Gasteiger partial charge in [0.2, 0.25) is 22.4 Å². The Morgan fingerprint density at radius 1 is 1.29 bits per heavy atom. The molecule has 2 aromatic heterocycles. The summed E-state index contributed by atoms with van der Waals surface area (Å²) in [5, 5.41) is 0.732. The monoisotopic (exact) mass is 512 g/mol. The number of ether oxygens (including phenoxy) is 1. The molecular formula is C22H23ClF2N4O4S. The number of halogens is 3. The highest BCUT2D eigenvalue weighted by Crippen LogP contribution is 2.36. The first-order chi connectivity index (χ1) is 16.2. The first-order valence-corrected chi connectivity index (χ1v) is 12.5. The molecule has 1 amide bonds. The van der Waals surface area contributed by atoms with E-state index in [1.807, 2.05) is 0 Å². The Hall–Kier alpha value is -2.60. The zero-order chi connectivity index (χ0) is 24.5. The SMILES string of the molecule is COCCS(=O)(=O)N1CCN(c2cccc(-c3cnc4[nH]cc(CC(F)F)c4c3Cl)c2)C(=O)C1. The first-order valence-electron chi connectivity index (χ1n) is 10.5. The van der Waals surface area contributed by atoms with Crippen LogP contribution in [0.1, 0.15) is 5.56 Å². The summed E-state index contributed by atoms with van der Waals surface area (Å²) >= 11 is 6.61. The summed E-state index contributed by atoms with van der Waals surface area (Å²) in [6, 6.07) is 7.03. The number of alkyl halides is 2. The highest BCUT2D eigenvalue weighted by atomic mass is 35.5. The van der Waals surface area contributed by atoms with Crippen molar-refractivity contribution in [3.05, 3.63) is 47.2 Å². The average molecular weight is 513 g/mol. The lowest BCUT2D eigenvalue weighted by atomic mass is 10.0. The minimum atomic E-state index is -3.59. The van der Waals surface area contributed by atoms with Crippen molar-refractivity contribution >= 4 is 44.3 Å². The van der Waals surface area contributed by atoms with Gasteiger partial charge in [0.15, 0.2) is 0 Å². The number of carbonyl (C=O) groups is 1. The van der Waals surface area contributed by atoms with Gasteiger partial charge in [0, 0.05) is 55.7 Å². The van der Waals surface area contributed by atoms with Gasteiger partial charge in [0.05, 0.1) is 23.9 Å². The quantitative estimate of drug-likeness (QED) is 0.499. The third-order valence-electron chi connectivity index (χ3n) is 5.69. The number of carbonyl (C=O) groups excluding carboxylic acids is 1. The summed E-state index contributed by atoms with van der Waals surface area (Å²) in [5.41, 5.74) is 2.57. The number of pyridine rings is 1. The van der Waals surface area contributed by atoms with Gasteiger partial charge in [-0.3, -0.25) is 4.79 Å². The van der Waals surface area contributed by atoms with Crippen LogP contribution in [0, 0.1) is 0 Å². The summed E-state index contributed by atoms with van der Waals surface area (Å²) in [7, 11) is -2.17. The van der Waals surface area contributed by atoms with E-state index in [1.165, 1.54) is 22.5 Å². The molecule has 1 aliphatic heterocycles. The van der Waals surface area contributed by atoms with Gasteiger partial charge >= 0.3 is 0 Å². The number of hydrogen-bond acceptors (Lipinski definition) is 5. The fourth-order valence-electron chi connectivity index (χ4n) is 3.97. The maximum Gasteiger partial charge on any atom is 0.242 e. The third kappa shape index (κ3) is 4.92. The Morgan fingerprint density at radius 3 is 2.79 bits per heavy atom. The summed E-state index contributed by atoms with van der Waals surface area (Å²) in [5.74, 6) is -0.540. The van der Waals surface area contributed by atoms with Crippen LogP contribution in [-0.4, -0.2) is 74.1 Å². The summed E-state index contributed by atoms with van der Waals surface area (Å²) < 4.78 is 56.7. The number of fused-ring (bicyclic) bond motifs is 1. The van der Waals surface area contributed by atoms with Crippen LogP contribution in [0.2, 0.25) is 5.02 Å². The fraction of sp³-hybridized carbons (Fsp3) is 0.364. The lowest BCUT2D eigenvalue weighted by molar-refractivity contribution is -0.119. The number of nitrogens with one attached hydrogen (secondary N) is 1. The van der Waals surface area contributed by atoms with E-state index in [0.29, 0.717) is 38.4 Å². The maximum absolute atomic E-state index is 13.0. The second kappa shape index (κ2) is 9.95. The number of aromatic amines is 1. The van der Waals surface area contributed by atoms with E-state index in [-0.39, 0.29) is 37.9 Å². The van der Waals surface area contributed by atoms with Crippen LogP contribution < -0.4 is 4.90 Å². The number of aromatic nitrogens is 2. The Balaban J connectivity index is 1.60. The molecular weight excluding hydrogens is 490 g/mol. The van der Waals surface area contributed by atoms with Gasteiger partial charge in [-0.1, -0.05) is 23.7 Å². The van der Waals surface area contributed by atoms with Gasteiger partial charge in [0.1, 0.15) is 5.65 Å². The van der Waals surface area contributed by atoms with E-state index < -0.39 is 22.9 Å². The zero-order valence-electron chi connectivity index (χ0n) is 18.3. The molecule has 0 spiro atoms. The molecule has 12 heteroatoms. The molecule has 182 valence electrons. The van der Waals surface area contributed by atoms with Gasteiger partial charge in [-0.05, 0) is 23.3 Å². The van der Waals surface area contributed by atoms with Crippen molar-refractivity contribution in [1.82, 2.24) is 14.3 Å². The van der Waals surface area contributed by atoms with Crippen LogP contribution in [0.25, 0.3) is 22.2 Å². The lowest BCUT2D eigenvalue weighted by Gasteiger charge is -2.33. The van der Waals surface area contributed by atoms with Crippen molar-refractivity contribution in [3.8, 4) is 11.1 Å². The number of methoxy groups -OCH3 is 1. The molecule has 34 heavy (non-hydrogen) atoms. The molecule has 1 N–H and O–H groups in total. The number of H-pyrrole nitrogens is 1. The fourth-order valence-corrected chi connectivity index (χ4v) is 5.64. The molecule has 0 bridgehead atoms. The standard InChI is InChI=1S/C22H23ClF2N4O4S/c1-33-7-8-34(31,32)28-5-6-29(19(30)13-28)16-4-2-3-14(9-16)17-12-27-22-20(21(17)23)15(11-26-22)10-18(24)25/h2-4,9,11-12,18H,5-8,10,13H2,1H3,(H,26,27). The number of anilines is 1. The minimum absolute atomic E-state index is 0.0537. The number of rotatable bonds is 8. The molecule has 0 saturated carbocycles. The Morgan fingerprint density at radius 2 is 2.09 bits per heavy atom. The van der Waals surface area contributed by atoms with Crippen molar-refractivity contribution in [1.29, 1.82) is 0 Å². The normalized spacial score (nSPS) is 15.6. The van der Waals surface area contributed by atoms with Gasteiger partial charge in [0.25, 0.3) is 0 Å². The molecule has 3 heterocycles. The van der Waals surface area contributed by atoms with Gasteiger partial charge in [-0.2, -0.15) is 4.31 Å². The highest BCUT2D eigenvalue weighted by molar-refractivity contribution is 7.89. The molecule has 1 fully saturated rings. The van der Waals surface area contributed by atoms with Crippen molar-refractivity contribution in [2.24, 2.45) is 0 Å².